The molecule has 0 spiro atoms. The number of hydrogen-bond donors (Lipinski definition) is 1. The lowest BCUT2D eigenvalue weighted by Gasteiger charge is -1.83. The smallest absolute Gasteiger partial charge is 0.290 e. The highest BCUT2D eigenvalue weighted by Gasteiger charge is 2.13. The van der Waals surface area contributed by atoms with Gasteiger partial charge in [0, 0.05) is 0 Å². The Morgan fingerprint density at radius 3 is 2.55 bits per heavy atom. The maximum absolute atomic E-state index is 10.7. The summed E-state index contributed by atoms with van der Waals surface area (Å²) in [4.78, 5) is 21.1. The van der Waals surface area contributed by atoms with E-state index in [4.69, 9.17) is 0 Å². The van der Waals surface area contributed by atoms with E-state index in [9.17, 15) is 9.59 Å². The maximum Gasteiger partial charge on any atom is 0.290 e. The van der Waals surface area contributed by atoms with Gasteiger partial charge in [0.25, 0.3) is 11.7 Å². The van der Waals surface area contributed by atoms with Crippen LogP contribution in [0.5, 0.6) is 0 Å². The number of hydrogen-bond acceptors (Lipinski definition) is 5. The summed E-state index contributed by atoms with van der Waals surface area (Å²) in [5.74, 6) is -1.72. The largest absolute Gasteiger partial charge is 0.363 e. The van der Waals surface area contributed by atoms with Crippen LogP contribution in [0.2, 0.25) is 0 Å². The van der Waals surface area contributed by atoms with Gasteiger partial charge in [-0.05, 0) is 11.5 Å². The lowest BCUT2D eigenvalue weighted by atomic mass is 10.3. The molecule has 0 saturated heterocycles. The Labute approximate surface area is 72.2 Å². The first-order valence-corrected chi connectivity index (χ1v) is 3.10. The van der Waals surface area contributed by atoms with Crippen LogP contribution in [0.1, 0.15) is 9.67 Å². The average molecular weight is 194 g/mol. The second-order valence-electron chi connectivity index (χ2n) is 1.48. The van der Waals surface area contributed by atoms with E-state index >= 15 is 0 Å². The minimum Gasteiger partial charge on any atom is -0.363 e. The molecule has 0 fully saturated rings. The van der Waals surface area contributed by atoms with Crippen molar-refractivity contribution in [2.24, 2.45) is 5.73 Å². The number of nitrogens with two attached hydrogens (primary N) is 1. The van der Waals surface area contributed by atoms with Gasteiger partial charge in [0.1, 0.15) is 4.88 Å². The molecule has 1 amide bonds. The monoisotopic (exact) mass is 193 g/mol. The van der Waals surface area contributed by atoms with E-state index in [0.29, 0.717) is 0 Å². The minimum absolute atomic E-state index is 0. The molecule has 0 unspecified atom stereocenters. The Bertz CT molecular complexity index is 260. The van der Waals surface area contributed by atoms with Gasteiger partial charge in [-0.25, -0.2) is 0 Å². The molecule has 0 atom stereocenters. The molecule has 0 aliphatic rings. The van der Waals surface area contributed by atoms with E-state index in [0.717, 1.165) is 11.5 Å². The summed E-state index contributed by atoms with van der Waals surface area (Å²) in [6.07, 6.45) is 1.21. The van der Waals surface area contributed by atoms with Crippen molar-refractivity contribution in [3.8, 4) is 0 Å². The molecule has 0 aliphatic carbocycles. The normalized spacial score (nSPS) is 8.36. The first-order valence-electron chi connectivity index (χ1n) is 2.33. The van der Waals surface area contributed by atoms with Crippen LogP contribution in [0.25, 0.3) is 0 Å². The molecule has 2 N–H and O–H groups in total. The predicted molar refractivity (Wildman–Crippen MR) is 40.7 cm³/mol. The van der Waals surface area contributed by atoms with E-state index in [2.05, 4.69) is 15.3 Å². The first-order chi connectivity index (χ1) is 4.72. The zero-order valence-electron chi connectivity index (χ0n) is 5.18. The van der Waals surface area contributed by atoms with Gasteiger partial charge >= 0.3 is 0 Å². The molecular formula is C4H4ClN3O2S. The number of rotatable bonds is 2. The summed E-state index contributed by atoms with van der Waals surface area (Å²) < 4.78 is 3.39. The summed E-state index contributed by atoms with van der Waals surface area (Å²) >= 11 is 0.848. The number of Topliss-reactive ketones (excluding diaryl/α,β-unsaturated/α-hetero) is 1. The van der Waals surface area contributed by atoms with Crippen molar-refractivity contribution < 1.29 is 9.59 Å². The third kappa shape index (κ3) is 2.24. The fourth-order valence-electron chi connectivity index (χ4n) is 0.389. The van der Waals surface area contributed by atoms with Gasteiger partial charge in [-0.3, -0.25) is 9.59 Å². The molecule has 0 aromatic carbocycles. The number of aromatic nitrogens is 2. The molecule has 0 radical (unpaired) electrons. The van der Waals surface area contributed by atoms with Crippen LogP contribution in [0, 0.1) is 0 Å². The Hall–Kier alpha value is -1.01. The van der Waals surface area contributed by atoms with Gasteiger partial charge in [-0.15, -0.1) is 17.5 Å². The number of carbonyl (C=O) groups excluding carboxylic acids is 2. The van der Waals surface area contributed by atoms with Gasteiger partial charge in [0.2, 0.25) is 0 Å². The Morgan fingerprint density at radius 2 is 2.18 bits per heavy atom. The standard InChI is InChI=1S/C4H3N3O2S.ClH/c5-4(9)3(8)2-1-6-7-10-2;/h1H,(H2,5,9);1H. The Kier molecular flexibility index (Phi) is 3.63. The molecular weight excluding hydrogens is 190 g/mol. The van der Waals surface area contributed by atoms with E-state index in [1.807, 2.05) is 0 Å². The fraction of sp³-hybridized carbons (Fsp3) is 0. The number of halogens is 1. The maximum atomic E-state index is 10.7. The minimum atomic E-state index is -0.981. The van der Waals surface area contributed by atoms with Gasteiger partial charge in [-0.1, -0.05) is 4.49 Å². The molecule has 5 nitrogen and oxygen atoms in total. The third-order valence-electron chi connectivity index (χ3n) is 0.809. The van der Waals surface area contributed by atoms with Gasteiger partial charge in [0.15, 0.2) is 0 Å². The van der Waals surface area contributed by atoms with Crippen molar-refractivity contribution in [2.75, 3.05) is 0 Å². The van der Waals surface area contributed by atoms with E-state index < -0.39 is 11.7 Å². The molecule has 7 heteroatoms. The van der Waals surface area contributed by atoms with E-state index in [-0.39, 0.29) is 17.3 Å². The Balaban J connectivity index is 0.000001000. The lowest BCUT2D eigenvalue weighted by molar-refractivity contribution is -0.114. The second-order valence-corrected chi connectivity index (χ2v) is 2.26. The number of nitrogens with zero attached hydrogens (tertiary/aromatic N) is 2. The zero-order chi connectivity index (χ0) is 7.56. The van der Waals surface area contributed by atoms with E-state index in [1.165, 1.54) is 6.20 Å². The van der Waals surface area contributed by atoms with Gasteiger partial charge < -0.3 is 5.73 Å². The molecule has 0 aliphatic heterocycles. The second kappa shape index (κ2) is 3.99. The predicted octanol–water partition coefficient (Wildman–Crippen LogP) is -0.372. The zero-order valence-corrected chi connectivity index (χ0v) is 6.82. The third-order valence-corrected chi connectivity index (χ3v) is 1.47. The quantitative estimate of drug-likeness (QED) is 0.513. The van der Waals surface area contributed by atoms with E-state index in [1.54, 1.807) is 0 Å². The van der Waals surface area contributed by atoms with Crippen molar-refractivity contribution in [3.63, 3.8) is 0 Å². The number of carbonyl (C=O) groups is 2. The highest BCUT2D eigenvalue weighted by Crippen LogP contribution is 2.01. The molecule has 1 heterocycles. The number of amides is 1. The van der Waals surface area contributed by atoms with Crippen molar-refractivity contribution in [1.29, 1.82) is 0 Å². The van der Waals surface area contributed by atoms with Crippen molar-refractivity contribution in [2.45, 2.75) is 0 Å². The average Bonchev–Trinajstić information content (AvgIpc) is 2.36. The summed E-state index contributed by atoms with van der Waals surface area (Å²) in [6, 6.07) is 0. The van der Waals surface area contributed by atoms with Crippen LogP contribution in [0.4, 0.5) is 0 Å². The lowest BCUT2D eigenvalue weighted by Crippen LogP contribution is -2.22. The number of ketones is 1. The van der Waals surface area contributed by atoms with Gasteiger partial charge in [0.05, 0.1) is 6.20 Å². The Morgan fingerprint density at radius 1 is 1.55 bits per heavy atom. The highest BCUT2D eigenvalue weighted by molar-refractivity contribution is 7.08. The molecule has 0 bridgehead atoms. The van der Waals surface area contributed by atoms with Crippen molar-refractivity contribution in [1.82, 2.24) is 9.59 Å². The molecule has 60 valence electrons. The molecule has 11 heavy (non-hydrogen) atoms. The summed E-state index contributed by atoms with van der Waals surface area (Å²) in [7, 11) is 0. The fourth-order valence-corrected chi connectivity index (χ4v) is 0.849. The molecule has 1 rings (SSSR count). The highest BCUT2D eigenvalue weighted by atomic mass is 35.5. The summed E-state index contributed by atoms with van der Waals surface area (Å²) in [6.45, 7) is 0. The van der Waals surface area contributed by atoms with Crippen LogP contribution in [-0.4, -0.2) is 21.3 Å². The van der Waals surface area contributed by atoms with Crippen molar-refractivity contribution >= 4 is 35.6 Å². The van der Waals surface area contributed by atoms with Crippen molar-refractivity contribution in [3.05, 3.63) is 11.1 Å². The van der Waals surface area contributed by atoms with Crippen LogP contribution >= 0.6 is 23.9 Å². The first kappa shape index (κ1) is 9.99. The SMILES string of the molecule is Cl.NC(=O)C(=O)c1cnns1. The molecule has 0 saturated carbocycles. The summed E-state index contributed by atoms with van der Waals surface area (Å²) in [5.41, 5.74) is 4.69. The summed E-state index contributed by atoms with van der Waals surface area (Å²) in [5, 5.41) is 3.37. The topological polar surface area (TPSA) is 85.9 Å². The van der Waals surface area contributed by atoms with Crippen LogP contribution < -0.4 is 5.73 Å². The van der Waals surface area contributed by atoms with Gasteiger partial charge in [-0.2, -0.15) is 0 Å². The van der Waals surface area contributed by atoms with Crippen LogP contribution in [0.3, 0.4) is 0 Å². The molecule has 1 aromatic rings. The molecule has 1 aromatic heterocycles. The number of primary amides is 1. The van der Waals surface area contributed by atoms with Crippen LogP contribution in [0.15, 0.2) is 6.20 Å². The van der Waals surface area contributed by atoms with Crippen LogP contribution in [-0.2, 0) is 4.79 Å².